The highest BCUT2D eigenvalue weighted by Gasteiger charge is 2.14. The van der Waals surface area contributed by atoms with Gasteiger partial charge in [-0.3, -0.25) is 0 Å². The van der Waals surface area contributed by atoms with E-state index in [1.54, 1.807) is 19.1 Å². The largest absolute Gasteiger partial charge is 0.435 e. The number of aromatic nitrogens is 2. The Morgan fingerprint density at radius 2 is 2.05 bits per heavy atom. The first-order valence-electron chi connectivity index (χ1n) is 6.83. The van der Waals surface area contributed by atoms with Crippen molar-refractivity contribution in [3.8, 4) is 11.6 Å². The van der Waals surface area contributed by atoms with Gasteiger partial charge in [0.1, 0.15) is 11.6 Å². The summed E-state index contributed by atoms with van der Waals surface area (Å²) in [6, 6.07) is 4.69. The number of nitrogens with zero attached hydrogens (tertiary/aromatic N) is 2. The Kier molecular flexibility index (Phi) is 4.70. The second kappa shape index (κ2) is 6.49. The average Bonchev–Trinajstić information content (AvgIpc) is 2.46. The molecule has 2 rings (SSSR count). The summed E-state index contributed by atoms with van der Waals surface area (Å²) < 4.78 is 19.4. The first-order chi connectivity index (χ1) is 10.0. The Bertz CT molecular complexity index is 646. The Hall–Kier alpha value is -2.21. The van der Waals surface area contributed by atoms with Crippen molar-refractivity contribution in [3.63, 3.8) is 0 Å². The van der Waals surface area contributed by atoms with Crippen molar-refractivity contribution in [1.82, 2.24) is 9.97 Å². The van der Waals surface area contributed by atoms with Gasteiger partial charge in [-0.05, 0) is 38.0 Å². The zero-order chi connectivity index (χ0) is 15.4. The van der Waals surface area contributed by atoms with E-state index < -0.39 is 5.82 Å². The molecule has 0 saturated heterocycles. The number of hydrazine groups is 1. The van der Waals surface area contributed by atoms with Gasteiger partial charge >= 0.3 is 0 Å². The number of anilines is 1. The summed E-state index contributed by atoms with van der Waals surface area (Å²) in [6.07, 6.45) is 1.59. The SMILES string of the molecule is CCCc1nc(NN)c(C)c(Oc2cc(C)ccc2F)n1. The van der Waals surface area contributed by atoms with E-state index in [1.165, 1.54) is 6.07 Å². The van der Waals surface area contributed by atoms with Gasteiger partial charge in [-0.25, -0.2) is 15.2 Å². The number of ether oxygens (including phenoxy) is 1. The van der Waals surface area contributed by atoms with Gasteiger partial charge in [-0.2, -0.15) is 4.98 Å². The van der Waals surface area contributed by atoms with E-state index in [-0.39, 0.29) is 5.75 Å². The molecule has 6 heteroatoms. The Labute approximate surface area is 123 Å². The fraction of sp³-hybridized carbons (Fsp3) is 0.333. The van der Waals surface area contributed by atoms with Crippen molar-refractivity contribution in [2.75, 3.05) is 5.43 Å². The number of hydrogen-bond donors (Lipinski definition) is 2. The first-order valence-corrected chi connectivity index (χ1v) is 6.83. The number of hydrogen-bond acceptors (Lipinski definition) is 5. The number of nitrogens with two attached hydrogens (primary N) is 1. The molecule has 3 N–H and O–H groups in total. The molecule has 0 aliphatic carbocycles. The van der Waals surface area contributed by atoms with Gasteiger partial charge in [0.25, 0.3) is 0 Å². The lowest BCUT2D eigenvalue weighted by atomic mass is 10.2. The van der Waals surface area contributed by atoms with Crippen LogP contribution in [-0.2, 0) is 6.42 Å². The molecule has 1 aromatic heterocycles. The van der Waals surface area contributed by atoms with Crippen LogP contribution in [0.15, 0.2) is 18.2 Å². The summed E-state index contributed by atoms with van der Waals surface area (Å²) in [5.74, 6) is 6.57. The molecule has 1 aromatic carbocycles. The van der Waals surface area contributed by atoms with E-state index in [4.69, 9.17) is 10.6 Å². The summed E-state index contributed by atoms with van der Waals surface area (Å²) in [7, 11) is 0. The molecule has 0 amide bonds. The van der Waals surface area contributed by atoms with Crippen molar-refractivity contribution in [2.45, 2.75) is 33.6 Å². The van der Waals surface area contributed by atoms with Crippen LogP contribution < -0.4 is 16.0 Å². The van der Waals surface area contributed by atoms with Crippen LogP contribution in [0.1, 0.15) is 30.3 Å². The number of nitrogen functional groups attached to an aromatic ring is 1. The van der Waals surface area contributed by atoms with Gasteiger partial charge < -0.3 is 10.2 Å². The van der Waals surface area contributed by atoms with Crippen LogP contribution in [0, 0.1) is 19.7 Å². The van der Waals surface area contributed by atoms with Crippen LogP contribution >= 0.6 is 0 Å². The molecule has 0 radical (unpaired) electrons. The minimum absolute atomic E-state index is 0.141. The molecule has 0 atom stereocenters. The number of benzene rings is 1. The minimum Gasteiger partial charge on any atom is -0.435 e. The molecule has 112 valence electrons. The lowest BCUT2D eigenvalue weighted by Gasteiger charge is -2.13. The Morgan fingerprint density at radius 3 is 2.71 bits per heavy atom. The minimum atomic E-state index is -0.432. The maximum absolute atomic E-state index is 13.8. The second-order valence-corrected chi connectivity index (χ2v) is 4.85. The van der Waals surface area contributed by atoms with Crippen LogP contribution in [-0.4, -0.2) is 9.97 Å². The smallest absolute Gasteiger partial charge is 0.227 e. The van der Waals surface area contributed by atoms with Gasteiger partial charge in [-0.1, -0.05) is 13.0 Å². The third-order valence-electron chi connectivity index (χ3n) is 3.05. The van der Waals surface area contributed by atoms with Crippen LogP contribution in [0.25, 0.3) is 0 Å². The van der Waals surface area contributed by atoms with E-state index in [9.17, 15) is 4.39 Å². The molecule has 0 fully saturated rings. The summed E-state index contributed by atoms with van der Waals surface area (Å²) in [5.41, 5.74) is 4.07. The molecule has 0 bridgehead atoms. The number of halogens is 1. The van der Waals surface area contributed by atoms with Gasteiger partial charge in [0.15, 0.2) is 11.6 Å². The summed E-state index contributed by atoms with van der Waals surface area (Å²) in [6.45, 7) is 5.67. The molecule has 0 saturated carbocycles. The van der Waals surface area contributed by atoms with Crippen LogP contribution in [0.4, 0.5) is 10.2 Å². The third kappa shape index (κ3) is 3.46. The molecule has 0 unspecified atom stereocenters. The van der Waals surface area contributed by atoms with Gasteiger partial charge in [0.2, 0.25) is 5.88 Å². The summed E-state index contributed by atoms with van der Waals surface area (Å²) in [5, 5.41) is 0. The quantitative estimate of drug-likeness (QED) is 0.653. The van der Waals surface area contributed by atoms with Crippen LogP contribution in [0.2, 0.25) is 0 Å². The highest BCUT2D eigenvalue weighted by atomic mass is 19.1. The maximum Gasteiger partial charge on any atom is 0.227 e. The molecular formula is C15H19FN4O. The third-order valence-corrected chi connectivity index (χ3v) is 3.05. The van der Waals surface area contributed by atoms with Gasteiger partial charge in [0.05, 0.1) is 5.56 Å². The van der Waals surface area contributed by atoms with Gasteiger partial charge in [0, 0.05) is 6.42 Å². The van der Waals surface area contributed by atoms with Crippen molar-refractivity contribution < 1.29 is 9.13 Å². The van der Waals surface area contributed by atoms with Crippen molar-refractivity contribution in [1.29, 1.82) is 0 Å². The summed E-state index contributed by atoms with van der Waals surface area (Å²) >= 11 is 0. The topological polar surface area (TPSA) is 73.1 Å². The monoisotopic (exact) mass is 290 g/mol. The molecule has 1 heterocycles. The molecule has 21 heavy (non-hydrogen) atoms. The Balaban J connectivity index is 2.42. The Morgan fingerprint density at radius 1 is 1.29 bits per heavy atom. The zero-order valence-electron chi connectivity index (χ0n) is 12.4. The highest BCUT2D eigenvalue weighted by Crippen LogP contribution is 2.29. The maximum atomic E-state index is 13.8. The van der Waals surface area contributed by atoms with Crippen molar-refractivity contribution in [2.24, 2.45) is 5.84 Å². The first kappa shape index (κ1) is 15.2. The predicted octanol–water partition coefficient (Wildman–Crippen LogP) is 3.26. The van der Waals surface area contributed by atoms with E-state index >= 15 is 0 Å². The standard InChI is InChI=1S/C15H19FN4O/c1-4-5-13-18-14(20-17)10(3)15(19-13)21-12-8-9(2)6-7-11(12)16/h6-8H,4-5,17H2,1-3H3,(H,18,19,20). The fourth-order valence-electron chi connectivity index (χ4n) is 1.91. The summed E-state index contributed by atoms with van der Waals surface area (Å²) in [4.78, 5) is 8.64. The number of aryl methyl sites for hydroxylation is 2. The fourth-order valence-corrected chi connectivity index (χ4v) is 1.91. The van der Waals surface area contributed by atoms with Crippen molar-refractivity contribution in [3.05, 3.63) is 41.0 Å². The average molecular weight is 290 g/mol. The lowest BCUT2D eigenvalue weighted by Crippen LogP contribution is -2.13. The normalized spacial score (nSPS) is 10.5. The molecular weight excluding hydrogens is 271 g/mol. The molecule has 0 spiro atoms. The molecule has 0 aliphatic rings. The van der Waals surface area contributed by atoms with E-state index in [1.807, 2.05) is 13.8 Å². The predicted molar refractivity (Wildman–Crippen MR) is 79.8 cm³/mol. The molecule has 2 aromatic rings. The zero-order valence-corrected chi connectivity index (χ0v) is 12.4. The lowest BCUT2D eigenvalue weighted by molar-refractivity contribution is 0.421. The van der Waals surface area contributed by atoms with E-state index in [2.05, 4.69) is 15.4 Å². The molecule has 0 aliphatic heterocycles. The highest BCUT2D eigenvalue weighted by molar-refractivity contribution is 5.49. The van der Waals surface area contributed by atoms with Crippen LogP contribution in [0.3, 0.4) is 0 Å². The van der Waals surface area contributed by atoms with Crippen LogP contribution in [0.5, 0.6) is 11.6 Å². The number of rotatable bonds is 5. The molecule has 5 nitrogen and oxygen atoms in total. The van der Waals surface area contributed by atoms with Crippen molar-refractivity contribution >= 4 is 5.82 Å². The number of nitrogens with one attached hydrogen (secondary N) is 1. The van der Waals surface area contributed by atoms with E-state index in [0.29, 0.717) is 29.5 Å². The van der Waals surface area contributed by atoms with Gasteiger partial charge in [-0.15, -0.1) is 0 Å². The van der Waals surface area contributed by atoms with E-state index in [0.717, 1.165) is 12.0 Å². The second-order valence-electron chi connectivity index (χ2n) is 4.85.